The maximum Gasteiger partial charge on any atom is 0.328 e. The number of amides is 1. The number of aliphatic carboxylic acids is 1. The third-order valence-electron chi connectivity index (χ3n) is 4.04. The van der Waals surface area contributed by atoms with Crippen LogP contribution in [-0.2, 0) is 4.79 Å². The first-order valence-electron chi connectivity index (χ1n) is 8.48. The third kappa shape index (κ3) is 4.92. The van der Waals surface area contributed by atoms with Gasteiger partial charge in [-0.3, -0.25) is 9.78 Å². The summed E-state index contributed by atoms with van der Waals surface area (Å²) in [5.74, 6) is -1.26. The first kappa shape index (κ1) is 19.5. The van der Waals surface area contributed by atoms with Crippen LogP contribution in [0.1, 0.15) is 21.6 Å². The molecule has 0 spiro atoms. The monoisotopic (exact) mass is 436 g/mol. The second-order valence-corrected chi connectivity index (χ2v) is 7.00. The lowest BCUT2D eigenvalue weighted by molar-refractivity contribution is -0.131. The minimum Gasteiger partial charge on any atom is -0.478 e. The number of carboxylic acid groups (broad SMARTS) is 1. The molecule has 6 heteroatoms. The van der Waals surface area contributed by atoms with Crippen molar-refractivity contribution in [2.24, 2.45) is 0 Å². The number of rotatable bonds is 5. The van der Waals surface area contributed by atoms with Gasteiger partial charge in [0.05, 0.1) is 17.0 Å². The molecule has 0 bridgehead atoms. The van der Waals surface area contributed by atoms with Crippen LogP contribution in [0.25, 0.3) is 17.3 Å². The van der Waals surface area contributed by atoms with E-state index in [1.54, 1.807) is 37.3 Å². The summed E-state index contributed by atoms with van der Waals surface area (Å²) < 4.78 is 0.966. The predicted octanol–water partition coefficient (Wildman–Crippen LogP) is 5.17. The van der Waals surface area contributed by atoms with Crippen LogP contribution < -0.4 is 5.32 Å². The van der Waals surface area contributed by atoms with Crippen molar-refractivity contribution in [2.45, 2.75) is 6.92 Å². The van der Waals surface area contributed by atoms with Crippen molar-refractivity contribution in [3.05, 3.63) is 88.0 Å². The second kappa shape index (κ2) is 8.63. The average Bonchev–Trinajstić information content (AvgIpc) is 2.67. The van der Waals surface area contributed by atoms with E-state index in [9.17, 15) is 9.59 Å². The van der Waals surface area contributed by atoms with Gasteiger partial charge in [-0.25, -0.2) is 4.79 Å². The Morgan fingerprint density at radius 2 is 1.82 bits per heavy atom. The largest absolute Gasteiger partial charge is 0.478 e. The lowest BCUT2D eigenvalue weighted by Crippen LogP contribution is -2.14. The molecule has 0 aliphatic heterocycles. The molecule has 0 unspecified atom stereocenters. The van der Waals surface area contributed by atoms with Gasteiger partial charge in [-0.1, -0.05) is 40.2 Å². The molecule has 0 saturated heterocycles. The molecule has 1 heterocycles. The van der Waals surface area contributed by atoms with Gasteiger partial charge in [-0.15, -0.1) is 0 Å². The van der Waals surface area contributed by atoms with Crippen LogP contribution in [0.2, 0.25) is 0 Å². The molecule has 1 aromatic heterocycles. The molecule has 0 aliphatic rings. The smallest absolute Gasteiger partial charge is 0.328 e. The molecule has 3 rings (SSSR count). The second-order valence-electron chi connectivity index (χ2n) is 6.09. The van der Waals surface area contributed by atoms with Crippen molar-refractivity contribution >= 4 is 39.6 Å². The van der Waals surface area contributed by atoms with Crippen LogP contribution in [0.3, 0.4) is 0 Å². The molecule has 0 fully saturated rings. The van der Waals surface area contributed by atoms with Crippen molar-refractivity contribution in [3.8, 4) is 11.3 Å². The number of anilines is 1. The number of aryl methyl sites for hydroxylation is 1. The molecular weight excluding hydrogens is 420 g/mol. The minimum absolute atomic E-state index is 0.250. The number of nitrogens with one attached hydrogen (secondary N) is 1. The zero-order valence-electron chi connectivity index (χ0n) is 15.0. The molecular formula is C22H17BrN2O3. The van der Waals surface area contributed by atoms with Gasteiger partial charge in [-0.05, 0) is 55.0 Å². The van der Waals surface area contributed by atoms with Crippen LogP contribution in [0, 0.1) is 6.92 Å². The van der Waals surface area contributed by atoms with Crippen molar-refractivity contribution in [2.75, 3.05) is 5.32 Å². The summed E-state index contributed by atoms with van der Waals surface area (Å²) in [7, 11) is 0. The van der Waals surface area contributed by atoms with Gasteiger partial charge in [0.1, 0.15) is 0 Å². The topological polar surface area (TPSA) is 79.3 Å². The van der Waals surface area contributed by atoms with Crippen LogP contribution in [0.4, 0.5) is 5.69 Å². The van der Waals surface area contributed by atoms with E-state index in [-0.39, 0.29) is 5.91 Å². The Morgan fingerprint density at radius 3 is 2.46 bits per heavy atom. The highest BCUT2D eigenvalue weighted by atomic mass is 79.9. The Balaban J connectivity index is 1.75. The summed E-state index contributed by atoms with van der Waals surface area (Å²) in [5, 5.41) is 11.5. The fourth-order valence-electron chi connectivity index (χ4n) is 2.65. The fraction of sp³-hybridized carbons (Fsp3) is 0.0455. The normalized spacial score (nSPS) is 10.8. The van der Waals surface area contributed by atoms with Gasteiger partial charge >= 0.3 is 5.97 Å². The maximum atomic E-state index is 12.6. The molecule has 28 heavy (non-hydrogen) atoms. The standard InChI is InChI=1S/C22H17BrN2O3/c1-14-19(10-11-20(24-14)16-3-2-4-17(23)13-16)22(28)25-18-8-5-15(6-9-18)7-12-21(26)27/h2-13H,1H3,(H,25,28)(H,26,27). The molecule has 3 aromatic rings. The van der Waals surface area contributed by atoms with Gasteiger partial charge in [0.25, 0.3) is 5.91 Å². The average molecular weight is 437 g/mol. The summed E-state index contributed by atoms with van der Waals surface area (Å²) in [4.78, 5) is 27.7. The number of pyridine rings is 1. The van der Waals surface area contributed by atoms with Crippen molar-refractivity contribution in [1.82, 2.24) is 4.98 Å². The number of hydrogen-bond donors (Lipinski definition) is 2. The maximum absolute atomic E-state index is 12.6. The quantitative estimate of drug-likeness (QED) is 0.540. The fourth-order valence-corrected chi connectivity index (χ4v) is 3.05. The highest BCUT2D eigenvalue weighted by molar-refractivity contribution is 9.10. The summed E-state index contributed by atoms with van der Waals surface area (Å²) in [6, 6.07) is 18.3. The van der Waals surface area contributed by atoms with Crippen LogP contribution in [-0.4, -0.2) is 22.0 Å². The number of nitrogens with zero attached hydrogens (tertiary/aromatic N) is 1. The molecule has 2 aromatic carbocycles. The van der Waals surface area contributed by atoms with E-state index in [1.807, 2.05) is 30.3 Å². The highest BCUT2D eigenvalue weighted by Crippen LogP contribution is 2.23. The van der Waals surface area contributed by atoms with Gasteiger partial charge in [0, 0.05) is 21.8 Å². The van der Waals surface area contributed by atoms with Gasteiger partial charge in [0.2, 0.25) is 0 Å². The van der Waals surface area contributed by atoms with Crippen LogP contribution in [0.15, 0.2) is 71.2 Å². The summed E-state index contributed by atoms with van der Waals surface area (Å²) in [5.41, 5.74) is 4.24. The lowest BCUT2D eigenvalue weighted by atomic mass is 10.1. The Kier molecular flexibility index (Phi) is 6.01. The number of aromatic nitrogens is 1. The first-order valence-corrected chi connectivity index (χ1v) is 9.28. The van der Waals surface area contributed by atoms with Crippen molar-refractivity contribution in [3.63, 3.8) is 0 Å². The molecule has 1 amide bonds. The number of carbonyl (C=O) groups excluding carboxylic acids is 1. The molecule has 0 radical (unpaired) electrons. The Morgan fingerprint density at radius 1 is 1.07 bits per heavy atom. The van der Waals surface area contributed by atoms with E-state index < -0.39 is 5.97 Å². The Bertz CT molecular complexity index is 1060. The molecule has 0 saturated carbocycles. The van der Waals surface area contributed by atoms with E-state index >= 15 is 0 Å². The number of carboxylic acids is 1. The Hall–Kier alpha value is -3.25. The van der Waals surface area contributed by atoms with Crippen LogP contribution in [0.5, 0.6) is 0 Å². The molecule has 140 valence electrons. The summed E-state index contributed by atoms with van der Waals surface area (Å²) in [6.45, 7) is 1.80. The SMILES string of the molecule is Cc1nc(-c2cccc(Br)c2)ccc1C(=O)Nc1ccc(C=CC(=O)O)cc1. The highest BCUT2D eigenvalue weighted by Gasteiger charge is 2.12. The number of hydrogen-bond acceptors (Lipinski definition) is 3. The third-order valence-corrected chi connectivity index (χ3v) is 4.53. The zero-order chi connectivity index (χ0) is 20.1. The molecule has 0 aliphatic carbocycles. The number of benzene rings is 2. The van der Waals surface area contributed by atoms with Gasteiger partial charge < -0.3 is 10.4 Å². The summed E-state index contributed by atoms with van der Waals surface area (Å²) in [6.07, 6.45) is 2.55. The van der Waals surface area contributed by atoms with Crippen LogP contribution >= 0.6 is 15.9 Å². The summed E-state index contributed by atoms with van der Waals surface area (Å²) >= 11 is 3.45. The number of carbonyl (C=O) groups is 2. The molecule has 2 N–H and O–H groups in total. The van der Waals surface area contributed by atoms with E-state index in [0.717, 1.165) is 27.4 Å². The predicted molar refractivity (Wildman–Crippen MR) is 113 cm³/mol. The lowest BCUT2D eigenvalue weighted by Gasteiger charge is -2.09. The van der Waals surface area contributed by atoms with Crippen molar-refractivity contribution in [1.29, 1.82) is 0 Å². The van der Waals surface area contributed by atoms with E-state index in [4.69, 9.17) is 5.11 Å². The minimum atomic E-state index is -1.01. The van der Waals surface area contributed by atoms with E-state index in [1.165, 1.54) is 6.08 Å². The van der Waals surface area contributed by atoms with Gasteiger partial charge in [0.15, 0.2) is 0 Å². The number of halogens is 1. The van der Waals surface area contributed by atoms with E-state index in [0.29, 0.717) is 16.9 Å². The first-order chi connectivity index (χ1) is 13.4. The molecule has 0 atom stereocenters. The van der Waals surface area contributed by atoms with Gasteiger partial charge in [-0.2, -0.15) is 0 Å². The molecule has 5 nitrogen and oxygen atoms in total. The van der Waals surface area contributed by atoms with E-state index in [2.05, 4.69) is 26.2 Å². The van der Waals surface area contributed by atoms with Crippen molar-refractivity contribution < 1.29 is 14.7 Å². The zero-order valence-corrected chi connectivity index (χ0v) is 16.6. The Labute approximate surface area is 170 Å².